The molecule has 0 aliphatic carbocycles. The first-order valence-electron chi connectivity index (χ1n) is 7.01. The summed E-state index contributed by atoms with van der Waals surface area (Å²) >= 11 is 0. The third-order valence-corrected chi connectivity index (χ3v) is 3.52. The van der Waals surface area contributed by atoms with Gasteiger partial charge in [-0.05, 0) is 31.5 Å². The van der Waals surface area contributed by atoms with Gasteiger partial charge < -0.3 is 14.8 Å². The van der Waals surface area contributed by atoms with Crippen molar-refractivity contribution in [3.05, 3.63) is 53.6 Å². The molecule has 20 heavy (non-hydrogen) atoms. The first kappa shape index (κ1) is 12.9. The molecular weight excluding hydrogens is 250 g/mol. The molecule has 2 aromatic rings. The Kier molecular flexibility index (Phi) is 3.50. The van der Waals surface area contributed by atoms with Gasteiger partial charge in [-0.1, -0.05) is 30.3 Å². The van der Waals surface area contributed by atoms with Gasteiger partial charge in [0.1, 0.15) is 17.6 Å². The third kappa shape index (κ3) is 2.31. The molecule has 0 saturated carbocycles. The van der Waals surface area contributed by atoms with Crippen LogP contribution in [0.4, 0.5) is 5.69 Å². The predicted molar refractivity (Wildman–Crippen MR) is 80.6 cm³/mol. The molecule has 0 radical (unpaired) electrons. The number of benzene rings is 2. The van der Waals surface area contributed by atoms with E-state index in [1.807, 2.05) is 37.3 Å². The fourth-order valence-electron chi connectivity index (χ4n) is 2.54. The lowest BCUT2D eigenvalue weighted by atomic mass is 10.1. The Balaban J connectivity index is 1.92. The fraction of sp³-hybridized carbons (Fsp3) is 0.294. The Morgan fingerprint density at radius 3 is 2.90 bits per heavy atom. The van der Waals surface area contributed by atoms with E-state index in [2.05, 4.69) is 24.4 Å². The quantitative estimate of drug-likeness (QED) is 0.915. The molecule has 0 aromatic heterocycles. The summed E-state index contributed by atoms with van der Waals surface area (Å²) in [6, 6.07) is 14.2. The summed E-state index contributed by atoms with van der Waals surface area (Å²) in [4.78, 5) is 0. The van der Waals surface area contributed by atoms with Crippen LogP contribution in [0.1, 0.15) is 24.2 Å². The molecule has 0 fully saturated rings. The molecular formula is C17H19NO2. The minimum Gasteiger partial charge on any atom is -0.493 e. The van der Waals surface area contributed by atoms with Gasteiger partial charge in [0.25, 0.3) is 0 Å². The normalized spacial score (nSPS) is 16.8. The Morgan fingerprint density at radius 2 is 2.05 bits per heavy atom. The van der Waals surface area contributed by atoms with Gasteiger partial charge in [0.2, 0.25) is 0 Å². The second kappa shape index (κ2) is 5.45. The fourth-order valence-corrected chi connectivity index (χ4v) is 2.54. The van der Waals surface area contributed by atoms with Gasteiger partial charge in [-0.15, -0.1) is 0 Å². The zero-order valence-electron chi connectivity index (χ0n) is 11.8. The number of para-hydroxylation sites is 2. The average Bonchev–Trinajstić information content (AvgIpc) is 2.48. The topological polar surface area (TPSA) is 30.5 Å². The number of ether oxygens (including phenoxy) is 2. The molecule has 3 heteroatoms. The zero-order valence-corrected chi connectivity index (χ0v) is 11.8. The van der Waals surface area contributed by atoms with Crippen molar-refractivity contribution < 1.29 is 9.47 Å². The van der Waals surface area contributed by atoms with E-state index in [4.69, 9.17) is 9.47 Å². The van der Waals surface area contributed by atoms with Crippen LogP contribution in [0.25, 0.3) is 0 Å². The average molecular weight is 269 g/mol. The molecule has 104 valence electrons. The summed E-state index contributed by atoms with van der Waals surface area (Å²) in [6.45, 7) is 5.47. The molecule has 1 atom stereocenters. The van der Waals surface area contributed by atoms with Crippen molar-refractivity contribution in [3.8, 4) is 11.5 Å². The van der Waals surface area contributed by atoms with Gasteiger partial charge in [0.05, 0.1) is 18.8 Å². The first-order valence-corrected chi connectivity index (χ1v) is 7.01. The lowest BCUT2D eigenvalue weighted by molar-refractivity contribution is 0.201. The lowest BCUT2D eigenvalue weighted by Crippen LogP contribution is -2.24. The van der Waals surface area contributed by atoms with Crippen molar-refractivity contribution in [2.45, 2.75) is 20.0 Å². The van der Waals surface area contributed by atoms with Crippen LogP contribution in [0, 0.1) is 6.92 Å². The van der Waals surface area contributed by atoms with Crippen molar-refractivity contribution in [1.82, 2.24) is 0 Å². The highest BCUT2D eigenvalue weighted by molar-refractivity contribution is 5.62. The van der Waals surface area contributed by atoms with Crippen molar-refractivity contribution in [2.24, 2.45) is 0 Å². The first-order chi connectivity index (χ1) is 9.79. The summed E-state index contributed by atoms with van der Waals surface area (Å²) in [5.41, 5.74) is 3.31. The number of hydrogen-bond acceptors (Lipinski definition) is 3. The molecule has 3 rings (SSSR count). The van der Waals surface area contributed by atoms with Crippen LogP contribution < -0.4 is 14.8 Å². The summed E-state index contributed by atoms with van der Waals surface area (Å²) in [7, 11) is 0. The molecule has 0 spiro atoms. The number of nitrogens with one attached hydrogen (secondary N) is 1. The number of aryl methyl sites for hydroxylation is 1. The zero-order chi connectivity index (χ0) is 13.9. The van der Waals surface area contributed by atoms with Gasteiger partial charge in [-0.2, -0.15) is 0 Å². The van der Waals surface area contributed by atoms with Crippen LogP contribution in [0.2, 0.25) is 0 Å². The van der Waals surface area contributed by atoms with E-state index in [-0.39, 0.29) is 6.10 Å². The van der Waals surface area contributed by atoms with Crippen LogP contribution in [0.5, 0.6) is 11.5 Å². The second-order valence-electron chi connectivity index (χ2n) is 4.91. The molecule has 1 aliphatic rings. The van der Waals surface area contributed by atoms with Crippen LogP contribution in [-0.2, 0) is 0 Å². The summed E-state index contributed by atoms with van der Waals surface area (Å²) in [5.74, 6) is 1.84. The van der Waals surface area contributed by atoms with E-state index >= 15 is 0 Å². The van der Waals surface area contributed by atoms with Crippen molar-refractivity contribution >= 4 is 5.69 Å². The number of hydrogen-bond donors (Lipinski definition) is 1. The molecule has 2 aromatic carbocycles. The van der Waals surface area contributed by atoms with E-state index in [1.165, 1.54) is 0 Å². The Labute approximate surface area is 119 Å². The molecule has 0 saturated heterocycles. The number of rotatable bonds is 3. The molecule has 0 bridgehead atoms. The van der Waals surface area contributed by atoms with E-state index in [9.17, 15) is 0 Å². The van der Waals surface area contributed by atoms with Gasteiger partial charge in [0, 0.05) is 5.56 Å². The SMILES string of the molecule is CCOc1ccccc1C1CNc2cccc(C)c2O1. The maximum Gasteiger partial charge on any atom is 0.146 e. The lowest BCUT2D eigenvalue weighted by Gasteiger charge is -2.29. The maximum absolute atomic E-state index is 6.19. The van der Waals surface area contributed by atoms with Gasteiger partial charge in [-0.25, -0.2) is 0 Å². The molecule has 3 nitrogen and oxygen atoms in total. The molecule has 1 N–H and O–H groups in total. The van der Waals surface area contributed by atoms with Crippen LogP contribution in [0.3, 0.4) is 0 Å². The van der Waals surface area contributed by atoms with Crippen molar-refractivity contribution in [2.75, 3.05) is 18.5 Å². The highest BCUT2D eigenvalue weighted by atomic mass is 16.5. The summed E-state index contributed by atoms with van der Waals surface area (Å²) in [5, 5.41) is 3.44. The molecule has 1 heterocycles. The predicted octanol–water partition coefficient (Wildman–Crippen LogP) is 3.94. The molecule has 1 unspecified atom stereocenters. The number of fused-ring (bicyclic) bond motifs is 1. The largest absolute Gasteiger partial charge is 0.493 e. The van der Waals surface area contributed by atoms with Crippen LogP contribution >= 0.6 is 0 Å². The highest BCUT2D eigenvalue weighted by Crippen LogP contribution is 2.38. The summed E-state index contributed by atoms with van der Waals surface area (Å²) in [6.07, 6.45) is -0.0219. The van der Waals surface area contributed by atoms with E-state index < -0.39 is 0 Å². The van der Waals surface area contributed by atoms with Gasteiger partial charge in [0.15, 0.2) is 0 Å². The van der Waals surface area contributed by atoms with Crippen LogP contribution in [-0.4, -0.2) is 13.2 Å². The third-order valence-electron chi connectivity index (χ3n) is 3.52. The Morgan fingerprint density at radius 1 is 1.20 bits per heavy atom. The van der Waals surface area contributed by atoms with E-state index in [0.717, 1.165) is 34.9 Å². The van der Waals surface area contributed by atoms with E-state index in [1.54, 1.807) is 0 Å². The molecule has 1 aliphatic heterocycles. The summed E-state index contributed by atoms with van der Waals surface area (Å²) < 4.78 is 11.9. The second-order valence-corrected chi connectivity index (χ2v) is 4.91. The molecule has 0 amide bonds. The van der Waals surface area contributed by atoms with Gasteiger partial charge >= 0.3 is 0 Å². The Hall–Kier alpha value is -2.16. The van der Waals surface area contributed by atoms with E-state index in [0.29, 0.717) is 6.61 Å². The van der Waals surface area contributed by atoms with Gasteiger partial charge in [-0.3, -0.25) is 0 Å². The van der Waals surface area contributed by atoms with Crippen molar-refractivity contribution in [3.63, 3.8) is 0 Å². The number of anilines is 1. The minimum absolute atomic E-state index is 0.0219. The standard InChI is InChI=1S/C17H19NO2/c1-3-19-15-10-5-4-8-13(15)16-11-18-14-9-6-7-12(2)17(14)20-16/h4-10,16,18H,3,11H2,1-2H3. The Bertz CT molecular complexity index is 610. The maximum atomic E-state index is 6.19. The smallest absolute Gasteiger partial charge is 0.146 e. The van der Waals surface area contributed by atoms with Crippen LogP contribution in [0.15, 0.2) is 42.5 Å². The highest BCUT2D eigenvalue weighted by Gasteiger charge is 2.24. The minimum atomic E-state index is -0.0219. The monoisotopic (exact) mass is 269 g/mol. The van der Waals surface area contributed by atoms with Crippen molar-refractivity contribution in [1.29, 1.82) is 0 Å².